The zero-order valence-corrected chi connectivity index (χ0v) is 55.5. The molecule has 1 heterocycles. The van der Waals surface area contributed by atoms with Gasteiger partial charge >= 0.3 is 37.9 Å². The van der Waals surface area contributed by atoms with Gasteiger partial charge in [0, 0.05) is 0 Å². The second-order valence-corrected chi connectivity index (χ2v) is 33.2. The third-order valence-electron chi connectivity index (χ3n) is 15.0. The van der Waals surface area contributed by atoms with Crippen molar-refractivity contribution in [2.45, 2.75) is 197 Å². The maximum atomic E-state index is 4.93. The molecular weight excluding hydrogens is 1060 g/mol. The van der Waals surface area contributed by atoms with Crippen molar-refractivity contribution < 1.29 is 20.8 Å². The van der Waals surface area contributed by atoms with E-state index in [4.69, 9.17) is 17.0 Å². The Morgan fingerprint density at radius 1 is 0.434 bits per heavy atom. The van der Waals surface area contributed by atoms with Gasteiger partial charge in [0.05, 0.1) is 9.52 Å². The largest absolute Gasteiger partial charge is 0.184 e. The molecule has 0 N–H and O–H groups in total. The third kappa shape index (κ3) is 14.5. The quantitative estimate of drug-likeness (QED) is 0.122. The molecule has 0 bridgehead atoms. The molecule has 8 aromatic carbocycles. The summed E-state index contributed by atoms with van der Waals surface area (Å²) in [6, 6.07) is 51.8. The molecule has 0 amide bonds. The molecule has 76 heavy (non-hydrogen) atoms. The van der Waals surface area contributed by atoms with Gasteiger partial charge in [0.1, 0.15) is 0 Å². The van der Waals surface area contributed by atoms with Crippen LogP contribution in [0.1, 0.15) is 209 Å². The van der Waals surface area contributed by atoms with Crippen molar-refractivity contribution in [2.24, 2.45) is 0 Å². The van der Waals surface area contributed by atoms with Crippen molar-refractivity contribution in [1.29, 1.82) is 0 Å². The van der Waals surface area contributed by atoms with Crippen molar-refractivity contribution in [2.75, 3.05) is 0 Å². The number of fused-ring (bicyclic) bond motifs is 5. The minimum Gasteiger partial charge on any atom is -0.184 e. The molecule has 402 valence electrons. The van der Waals surface area contributed by atoms with E-state index in [1.807, 2.05) is 6.07 Å². The number of halogens is 2. The van der Waals surface area contributed by atoms with Crippen LogP contribution in [0.15, 0.2) is 127 Å². The molecule has 2 radical (unpaired) electrons. The first-order valence-corrected chi connectivity index (χ1v) is 35.0. The van der Waals surface area contributed by atoms with Gasteiger partial charge in [-0.25, -0.2) is 0 Å². The van der Waals surface area contributed by atoms with E-state index >= 15 is 0 Å². The summed E-state index contributed by atoms with van der Waals surface area (Å²) < 4.78 is 0. The molecule has 4 heteroatoms. The molecule has 0 saturated carbocycles. The van der Waals surface area contributed by atoms with Crippen LogP contribution < -0.4 is 10.4 Å². The van der Waals surface area contributed by atoms with Crippen molar-refractivity contribution >= 4 is 58.5 Å². The molecule has 9 rings (SSSR count). The van der Waals surface area contributed by atoms with Crippen molar-refractivity contribution in [3.8, 4) is 33.4 Å². The monoisotopic (exact) mass is 1140 g/mol. The summed E-state index contributed by atoms with van der Waals surface area (Å²) in [7, 11) is 10.7. The number of hydrogen-bond acceptors (Lipinski definition) is 0. The van der Waals surface area contributed by atoms with E-state index in [1.165, 1.54) is 110 Å². The number of rotatable bonds is 4. The van der Waals surface area contributed by atoms with E-state index in [0.29, 0.717) is 11.8 Å². The Labute approximate surface area is 483 Å². The summed E-state index contributed by atoms with van der Waals surface area (Å²) >= 11 is -0.826. The number of benzene rings is 6. The van der Waals surface area contributed by atoms with Crippen LogP contribution in [0.3, 0.4) is 0 Å². The molecule has 1 aliphatic rings. The molecule has 0 unspecified atom stereocenters. The van der Waals surface area contributed by atoms with Crippen LogP contribution in [0.2, 0.25) is 0 Å². The Kier molecular flexibility index (Phi) is 19.0. The van der Waals surface area contributed by atoms with Crippen LogP contribution in [0.25, 0.3) is 54.9 Å². The minimum absolute atomic E-state index is 0.0818. The third-order valence-corrected chi connectivity index (χ3v) is 16.4. The van der Waals surface area contributed by atoms with Crippen molar-refractivity contribution in [3.05, 3.63) is 178 Å². The molecule has 0 spiro atoms. The predicted octanol–water partition coefficient (Wildman–Crippen LogP) is 21.0. The van der Waals surface area contributed by atoms with E-state index in [2.05, 4.69) is 280 Å². The standard InChI is InChI=1S/2C30H41.C12H7Si.2ClH.Zr/c2*1-19(2)21-14-20-12-13-26(30(9,10)11)27(25(20)17-21)22-15-23(28(3,4)5)18-24(16-22)29(6,7)8;1-3-7-11-9(5-1)10-6-2-4-8-12(10)13-11;;;/h2*12-19H,1-11H3;1-7H;2*1H;/q3*-1;;;+2/p-2. The van der Waals surface area contributed by atoms with Crippen LogP contribution in [-0.4, -0.2) is 9.52 Å². The maximum absolute atomic E-state index is 4.93. The Bertz CT molecular complexity index is 2990. The summed E-state index contributed by atoms with van der Waals surface area (Å²) in [5.74, 6) is 1.07. The van der Waals surface area contributed by atoms with Gasteiger partial charge in [-0.2, -0.15) is 41.6 Å². The first-order chi connectivity index (χ1) is 35.0. The molecule has 0 nitrogen and oxygen atoms in total. The van der Waals surface area contributed by atoms with Gasteiger partial charge in [0.25, 0.3) is 0 Å². The molecule has 0 aromatic heterocycles. The molecule has 8 aromatic rings. The molecule has 0 fully saturated rings. The Hall–Kier alpha value is -3.78. The van der Waals surface area contributed by atoms with Gasteiger partial charge in [0.2, 0.25) is 0 Å². The summed E-state index contributed by atoms with van der Waals surface area (Å²) in [5, 5.41) is 8.35. The molecule has 0 aliphatic carbocycles. The van der Waals surface area contributed by atoms with E-state index < -0.39 is 20.8 Å². The first kappa shape index (κ1) is 61.4. The summed E-state index contributed by atoms with van der Waals surface area (Å²) in [4.78, 5) is 0. The minimum atomic E-state index is -0.826. The molecule has 1 aliphatic heterocycles. The van der Waals surface area contributed by atoms with E-state index in [0.717, 1.165) is 9.52 Å². The Balaban J connectivity index is 0.000000192. The van der Waals surface area contributed by atoms with Crippen LogP contribution in [-0.2, 0) is 53.3 Å². The van der Waals surface area contributed by atoms with Gasteiger partial charge in [0.15, 0.2) is 0 Å². The average molecular weight is 1140 g/mol. The van der Waals surface area contributed by atoms with Gasteiger partial charge in [-0.1, -0.05) is 246 Å². The Morgan fingerprint density at radius 3 is 1.13 bits per heavy atom. The predicted molar refractivity (Wildman–Crippen MR) is 338 cm³/mol. The van der Waals surface area contributed by atoms with Crippen LogP contribution in [0.4, 0.5) is 0 Å². The van der Waals surface area contributed by atoms with Crippen molar-refractivity contribution in [1.82, 2.24) is 0 Å². The van der Waals surface area contributed by atoms with Gasteiger partial charge in [-0.15, -0.1) is 74.6 Å². The summed E-state index contributed by atoms with van der Waals surface area (Å²) in [5.41, 5.74) is 20.3. The fraction of sp³-hybridized carbons (Fsp3) is 0.417. The summed E-state index contributed by atoms with van der Waals surface area (Å²) in [6.45, 7) is 51.0. The first-order valence-electron chi connectivity index (χ1n) is 27.7. The van der Waals surface area contributed by atoms with E-state index in [1.54, 1.807) is 0 Å². The van der Waals surface area contributed by atoms with Crippen molar-refractivity contribution in [3.63, 3.8) is 0 Å². The van der Waals surface area contributed by atoms with Gasteiger partial charge < -0.3 is 0 Å². The second-order valence-electron chi connectivity index (χ2n) is 28.2. The maximum Gasteiger partial charge on any atom is 0.0920 e. The zero-order valence-electron chi connectivity index (χ0n) is 50.5. The van der Waals surface area contributed by atoms with Crippen LogP contribution in [0, 0.1) is 6.07 Å². The van der Waals surface area contributed by atoms with E-state index in [-0.39, 0.29) is 32.5 Å². The van der Waals surface area contributed by atoms with Crippen LogP contribution in [0.5, 0.6) is 0 Å². The fourth-order valence-electron chi connectivity index (χ4n) is 10.2. The molecular formula is C72H89Cl2SiZr-3. The molecule has 0 saturated heterocycles. The smallest absolute Gasteiger partial charge is 0.0920 e. The van der Waals surface area contributed by atoms with Crippen LogP contribution >= 0.6 is 17.0 Å². The van der Waals surface area contributed by atoms with Gasteiger partial charge in [-0.05, 0) is 77.7 Å². The SMILES string of the molecule is CC(C)c1cc2c(-c3cc(C(C)(C)C)cc(C(C)(C)C)c3)c(C(C)(C)C)ccc2[cH-]1.CC(C)c1cc2c(-c3cc(C(C)(C)C)cc(C(C)(C)C)c3)c(C(C)(C)C)ccc2[cH-]1.[Cl][Zr][Cl].[c-]1cccc2c1[Si]c1ccccc1-2. The van der Waals surface area contributed by atoms with E-state index in [9.17, 15) is 0 Å². The van der Waals surface area contributed by atoms with Gasteiger partial charge in [-0.3, -0.25) is 0 Å². The topological polar surface area (TPSA) is 0 Å². The molecule has 0 atom stereocenters. The zero-order chi connectivity index (χ0) is 56.7. The second kappa shape index (κ2) is 23.5. The Morgan fingerprint density at radius 2 is 0.789 bits per heavy atom. The normalized spacial score (nSPS) is 12.9. The number of hydrogen-bond donors (Lipinski definition) is 0. The average Bonchev–Trinajstić information content (AvgIpc) is 4.06. The summed E-state index contributed by atoms with van der Waals surface area (Å²) in [6.07, 6.45) is 0. The fourth-order valence-corrected chi connectivity index (χ4v) is 11.5.